The number of non-ortho nitro benzene ring substituents is 1. The number of aryl methyl sites for hydroxylation is 1. The number of carbonyl (C=O) groups excluding carboxylic acids is 1. The summed E-state index contributed by atoms with van der Waals surface area (Å²) in [7, 11) is 1.37. The molecule has 0 spiro atoms. The molecule has 20 heavy (non-hydrogen) atoms. The van der Waals surface area contributed by atoms with Crippen molar-refractivity contribution in [3.05, 3.63) is 45.8 Å². The van der Waals surface area contributed by atoms with Crippen LogP contribution in [0.1, 0.15) is 16.1 Å². The molecule has 1 heterocycles. The molecule has 8 heteroatoms. The van der Waals surface area contributed by atoms with Gasteiger partial charge in [0.25, 0.3) is 11.6 Å². The molecule has 1 aromatic carbocycles. The molecule has 0 saturated heterocycles. The van der Waals surface area contributed by atoms with E-state index < -0.39 is 4.92 Å². The van der Waals surface area contributed by atoms with Gasteiger partial charge in [0, 0.05) is 11.8 Å². The molecule has 0 saturated carbocycles. The Kier molecular flexibility index (Phi) is 3.65. The number of benzene rings is 1. The molecular weight excluding hydrogens is 264 g/mol. The number of carbonyl (C=O) groups is 1. The lowest BCUT2D eigenvalue weighted by molar-refractivity contribution is -0.384. The second-order valence-corrected chi connectivity index (χ2v) is 4.00. The first-order valence-electron chi connectivity index (χ1n) is 5.66. The Morgan fingerprint density at radius 3 is 2.80 bits per heavy atom. The molecule has 1 amide bonds. The molecule has 2 N–H and O–H groups in total. The molecule has 0 unspecified atom stereocenters. The van der Waals surface area contributed by atoms with Crippen LogP contribution in [0.25, 0.3) is 0 Å². The molecule has 1 aromatic heterocycles. The number of anilines is 1. The van der Waals surface area contributed by atoms with Gasteiger partial charge in [-0.1, -0.05) is 0 Å². The summed E-state index contributed by atoms with van der Waals surface area (Å²) in [5.74, 6) is -0.155. The van der Waals surface area contributed by atoms with Crippen molar-refractivity contribution in [3.63, 3.8) is 0 Å². The van der Waals surface area contributed by atoms with Crippen LogP contribution >= 0.6 is 0 Å². The molecular formula is C12H12N4O4. The van der Waals surface area contributed by atoms with Gasteiger partial charge in [-0.15, -0.1) is 0 Å². The SMILES string of the molecule is COc1cc([N+](=O)[O-])ccc1NC(=O)c1cn[nH]c1C. The number of hydrogen-bond acceptors (Lipinski definition) is 5. The van der Waals surface area contributed by atoms with Crippen LogP contribution in [0.15, 0.2) is 24.4 Å². The number of H-pyrrole nitrogens is 1. The number of nitro groups is 1. The maximum absolute atomic E-state index is 12.0. The molecule has 8 nitrogen and oxygen atoms in total. The molecule has 0 fully saturated rings. The summed E-state index contributed by atoms with van der Waals surface area (Å²) in [6, 6.07) is 3.96. The predicted octanol–water partition coefficient (Wildman–Crippen LogP) is 1.89. The number of nitrogens with one attached hydrogen (secondary N) is 2. The standard InChI is InChI=1S/C12H12N4O4/c1-7-9(6-13-15-7)12(17)14-10-4-3-8(16(18)19)5-11(10)20-2/h3-6H,1-2H3,(H,13,15)(H,14,17). The van der Waals surface area contributed by atoms with Gasteiger partial charge in [-0.2, -0.15) is 5.10 Å². The summed E-state index contributed by atoms with van der Waals surface area (Å²) < 4.78 is 5.04. The lowest BCUT2D eigenvalue weighted by atomic mass is 10.2. The minimum absolute atomic E-state index is 0.112. The Balaban J connectivity index is 2.27. The van der Waals surface area contributed by atoms with Gasteiger partial charge in [-0.25, -0.2) is 0 Å². The van der Waals surface area contributed by atoms with Gasteiger partial charge in [0.05, 0.1) is 35.5 Å². The average molecular weight is 276 g/mol. The van der Waals surface area contributed by atoms with Crippen molar-refractivity contribution in [1.29, 1.82) is 0 Å². The van der Waals surface area contributed by atoms with Crippen molar-refractivity contribution in [1.82, 2.24) is 10.2 Å². The van der Waals surface area contributed by atoms with Crippen molar-refractivity contribution in [2.75, 3.05) is 12.4 Å². The molecule has 0 aliphatic rings. The molecule has 0 atom stereocenters. The van der Waals surface area contributed by atoms with Gasteiger partial charge in [0.15, 0.2) is 0 Å². The lowest BCUT2D eigenvalue weighted by Crippen LogP contribution is -2.13. The first-order valence-corrected chi connectivity index (χ1v) is 5.66. The fourth-order valence-corrected chi connectivity index (χ4v) is 1.67. The van der Waals surface area contributed by atoms with Gasteiger partial charge in [-0.05, 0) is 13.0 Å². The fourth-order valence-electron chi connectivity index (χ4n) is 1.67. The highest BCUT2D eigenvalue weighted by Gasteiger charge is 2.16. The highest BCUT2D eigenvalue weighted by atomic mass is 16.6. The molecule has 2 aromatic rings. The average Bonchev–Trinajstić information content (AvgIpc) is 2.85. The van der Waals surface area contributed by atoms with Gasteiger partial charge in [0.2, 0.25) is 0 Å². The van der Waals surface area contributed by atoms with Crippen molar-refractivity contribution >= 4 is 17.3 Å². The van der Waals surface area contributed by atoms with Crippen LogP contribution in [0.2, 0.25) is 0 Å². The number of amides is 1. The van der Waals surface area contributed by atoms with E-state index in [0.29, 0.717) is 16.9 Å². The second-order valence-electron chi connectivity index (χ2n) is 4.00. The highest BCUT2D eigenvalue weighted by molar-refractivity contribution is 6.05. The summed E-state index contributed by atoms with van der Waals surface area (Å²) in [5.41, 5.74) is 1.26. The summed E-state index contributed by atoms with van der Waals surface area (Å²) >= 11 is 0. The van der Waals surface area contributed by atoms with E-state index in [0.717, 1.165) is 0 Å². The highest BCUT2D eigenvalue weighted by Crippen LogP contribution is 2.29. The summed E-state index contributed by atoms with van der Waals surface area (Å²) in [6.45, 7) is 1.72. The zero-order chi connectivity index (χ0) is 14.7. The van der Waals surface area contributed by atoms with Gasteiger partial charge >= 0.3 is 0 Å². The third kappa shape index (κ3) is 2.58. The third-order valence-electron chi connectivity index (χ3n) is 2.72. The van der Waals surface area contributed by atoms with E-state index in [2.05, 4.69) is 15.5 Å². The van der Waals surface area contributed by atoms with Crippen molar-refractivity contribution < 1.29 is 14.5 Å². The maximum Gasteiger partial charge on any atom is 0.273 e. The number of nitro benzene ring substituents is 1. The van der Waals surface area contributed by atoms with E-state index in [1.807, 2.05) is 0 Å². The Bertz CT molecular complexity index is 665. The molecule has 0 radical (unpaired) electrons. The fraction of sp³-hybridized carbons (Fsp3) is 0.167. The van der Waals surface area contributed by atoms with E-state index in [1.54, 1.807) is 6.92 Å². The zero-order valence-corrected chi connectivity index (χ0v) is 10.8. The Morgan fingerprint density at radius 1 is 1.50 bits per heavy atom. The topological polar surface area (TPSA) is 110 Å². The number of methoxy groups -OCH3 is 1. The van der Waals surface area contributed by atoms with Crippen LogP contribution in [0, 0.1) is 17.0 Å². The monoisotopic (exact) mass is 276 g/mol. The number of hydrogen-bond donors (Lipinski definition) is 2. The number of rotatable bonds is 4. The van der Waals surface area contributed by atoms with Crippen LogP contribution < -0.4 is 10.1 Å². The van der Waals surface area contributed by atoms with Gasteiger partial charge in [0.1, 0.15) is 5.75 Å². The summed E-state index contributed by atoms with van der Waals surface area (Å²) in [5, 5.41) is 19.7. The molecule has 2 rings (SSSR count). The first-order chi connectivity index (χ1) is 9.52. The minimum atomic E-state index is -0.533. The van der Waals surface area contributed by atoms with Crippen LogP contribution in [0.3, 0.4) is 0 Å². The summed E-state index contributed by atoms with van der Waals surface area (Å²) in [6.07, 6.45) is 1.41. The van der Waals surface area contributed by atoms with Crippen molar-refractivity contribution in [2.24, 2.45) is 0 Å². The first kappa shape index (κ1) is 13.5. The minimum Gasteiger partial charge on any atom is -0.494 e. The number of nitrogens with zero attached hydrogens (tertiary/aromatic N) is 2. The van der Waals surface area contributed by atoms with Crippen LogP contribution in [-0.2, 0) is 0 Å². The van der Waals surface area contributed by atoms with Gasteiger partial charge < -0.3 is 10.1 Å². The quantitative estimate of drug-likeness (QED) is 0.654. The van der Waals surface area contributed by atoms with E-state index in [9.17, 15) is 14.9 Å². The molecule has 0 aliphatic carbocycles. The summed E-state index contributed by atoms with van der Waals surface area (Å²) in [4.78, 5) is 22.2. The van der Waals surface area contributed by atoms with Crippen LogP contribution in [0.4, 0.5) is 11.4 Å². The molecule has 0 aliphatic heterocycles. The molecule has 104 valence electrons. The normalized spacial score (nSPS) is 10.1. The van der Waals surface area contributed by atoms with E-state index in [1.165, 1.54) is 31.5 Å². The van der Waals surface area contributed by atoms with Crippen LogP contribution in [0.5, 0.6) is 5.75 Å². The van der Waals surface area contributed by atoms with Crippen molar-refractivity contribution in [2.45, 2.75) is 6.92 Å². The lowest BCUT2D eigenvalue weighted by Gasteiger charge is -2.09. The van der Waals surface area contributed by atoms with Crippen molar-refractivity contribution in [3.8, 4) is 5.75 Å². The van der Waals surface area contributed by atoms with E-state index in [4.69, 9.17) is 4.74 Å². The zero-order valence-electron chi connectivity index (χ0n) is 10.8. The number of aromatic amines is 1. The van der Waals surface area contributed by atoms with Gasteiger partial charge in [-0.3, -0.25) is 20.0 Å². The Labute approximate surface area is 113 Å². The predicted molar refractivity (Wildman–Crippen MR) is 70.9 cm³/mol. The maximum atomic E-state index is 12.0. The van der Waals surface area contributed by atoms with E-state index in [-0.39, 0.29) is 17.3 Å². The second kappa shape index (κ2) is 5.39. The molecule has 0 bridgehead atoms. The largest absolute Gasteiger partial charge is 0.494 e. The van der Waals surface area contributed by atoms with Crippen LogP contribution in [-0.4, -0.2) is 28.1 Å². The smallest absolute Gasteiger partial charge is 0.273 e. The van der Waals surface area contributed by atoms with E-state index >= 15 is 0 Å². The Hall–Kier alpha value is -2.90. The Morgan fingerprint density at radius 2 is 2.25 bits per heavy atom. The number of ether oxygens (including phenoxy) is 1. The third-order valence-corrected chi connectivity index (χ3v) is 2.72. The number of aromatic nitrogens is 2.